The van der Waals surface area contributed by atoms with E-state index in [0.717, 1.165) is 17.2 Å². The Hall–Kier alpha value is -3.47. The van der Waals surface area contributed by atoms with Crippen LogP contribution in [-0.2, 0) is 4.79 Å². The molecular formula is C22H22N2O3. The maximum absolute atomic E-state index is 12.1. The van der Waals surface area contributed by atoms with Gasteiger partial charge in [-0.25, -0.2) is 0 Å². The van der Waals surface area contributed by atoms with E-state index in [9.17, 15) is 4.79 Å². The number of rotatable bonds is 8. The van der Waals surface area contributed by atoms with Crippen molar-refractivity contribution in [1.82, 2.24) is 0 Å². The minimum absolute atomic E-state index is 0.0731. The lowest BCUT2D eigenvalue weighted by Crippen LogP contribution is -2.16. The van der Waals surface area contributed by atoms with Crippen LogP contribution in [0, 0.1) is 0 Å². The molecule has 5 heteroatoms. The number of hydrogen-bond donors (Lipinski definition) is 2. The van der Waals surface area contributed by atoms with Crippen molar-refractivity contribution in [2.75, 3.05) is 24.3 Å². The number of methoxy groups -OCH3 is 1. The van der Waals surface area contributed by atoms with Crippen LogP contribution < -0.4 is 20.1 Å². The Morgan fingerprint density at radius 1 is 0.852 bits per heavy atom. The summed E-state index contributed by atoms with van der Waals surface area (Å²) < 4.78 is 11.0. The average Bonchev–Trinajstić information content (AvgIpc) is 2.70. The highest BCUT2D eigenvalue weighted by atomic mass is 16.5. The molecule has 0 heterocycles. The molecular weight excluding hydrogens is 340 g/mol. The highest BCUT2D eigenvalue weighted by Gasteiger charge is 2.06. The summed E-state index contributed by atoms with van der Waals surface area (Å²) in [4.78, 5) is 12.1. The van der Waals surface area contributed by atoms with Gasteiger partial charge in [0, 0.05) is 18.7 Å². The maximum Gasteiger partial charge on any atom is 0.226 e. The van der Waals surface area contributed by atoms with Crippen LogP contribution in [0.4, 0.5) is 11.4 Å². The molecule has 0 aromatic heterocycles. The van der Waals surface area contributed by atoms with Crippen molar-refractivity contribution in [3.63, 3.8) is 0 Å². The molecule has 0 saturated carbocycles. The molecule has 0 unspecified atom stereocenters. The molecule has 0 spiro atoms. The third-order valence-electron chi connectivity index (χ3n) is 3.90. The number of para-hydroxylation sites is 3. The number of carbonyl (C=O) groups excluding carboxylic acids is 1. The number of ether oxygens (including phenoxy) is 2. The van der Waals surface area contributed by atoms with E-state index in [4.69, 9.17) is 9.47 Å². The topological polar surface area (TPSA) is 59.6 Å². The molecule has 0 atom stereocenters. The molecule has 0 saturated heterocycles. The lowest BCUT2D eigenvalue weighted by Gasteiger charge is -2.11. The van der Waals surface area contributed by atoms with Crippen LogP contribution in [0.25, 0.3) is 0 Å². The van der Waals surface area contributed by atoms with Crippen LogP contribution in [0.3, 0.4) is 0 Å². The SMILES string of the molecule is COc1ccccc1NC(=O)CCNc1ccc(Oc2ccccc2)cc1. The Morgan fingerprint density at radius 3 is 2.26 bits per heavy atom. The van der Waals surface area contributed by atoms with Crippen molar-refractivity contribution in [2.24, 2.45) is 0 Å². The first kappa shape index (κ1) is 18.3. The number of amides is 1. The third-order valence-corrected chi connectivity index (χ3v) is 3.90. The van der Waals surface area contributed by atoms with Crippen LogP contribution in [0.1, 0.15) is 6.42 Å². The van der Waals surface area contributed by atoms with E-state index in [1.165, 1.54) is 0 Å². The second kappa shape index (κ2) is 9.29. The van der Waals surface area contributed by atoms with Crippen molar-refractivity contribution in [1.29, 1.82) is 0 Å². The van der Waals surface area contributed by atoms with E-state index >= 15 is 0 Å². The van der Waals surface area contributed by atoms with Gasteiger partial charge in [0.1, 0.15) is 17.2 Å². The summed E-state index contributed by atoms with van der Waals surface area (Å²) in [5, 5.41) is 6.09. The van der Waals surface area contributed by atoms with Gasteiger partial charge >= 0.3 is 0 Å². The van der Waals surface area contributed by atoms with Gasteiger partial charge in [-0.3, -0.25) is 4.79 Å². The van der Waals surface area contributed by atoms with Crippen LogP contribution in [-0.4, -0.2) is 19.6 Å². The molecule has 5 nitrogen and oxygen atoms in total. The van der Waals surface area contributed by atoms with E-state index in [1.807, 2.05) is 78.9 Å². The molecule has 2 N–H and O–H groups in total. The number of hydrogen-bond acceptors (Lipinski definition) is 4. The molecule has 3 rings (SSSR count). The van der Waals surface area contributed by atoms with Crippen LogP contribution in [0.5, 0.6) is 17.2 Å². The molecule has 3 aromatic carbocycles. The number of anilines is 2. The van der Waals surface area contributed by atoms with Gasteiger partial charge in [0.05, 0.1) is 12.8 Å². The monoisotopic (exact) mass is 362 g/mol. The zero-order valence-corrected chi connectivity index (χ0v) is 15.1. The number of benzene rings is 3. The lowest BCUT2D eigenvalue weighted by molar-refractivity contribution is -0.116. The fourth-order valence-corrected chi connectivity index (χ4v) is 2.55. The van der Waals surface area contributed by atoms with Crippen LogP contribution >= 0.6 is 0 Å². The van der Waals surface area contributed by atoms with Crippen molar-refractivity contribution in [3.05, 3.63) is 78.9 Å². The van der Waals surface area contributed by atoms with E-state index in [2.05, 4.69) is 10.6 Å². The fourth-order valence-electron chi connectivity index (χ4n) is 2.55. The lowest BCUT2D eigenvalue weighted by atomic mass is 10.2. The van der Waals surface area contributed by atoms with E-state index in [1.54, 1.807) is 7.11 Å². The minimum Gasteiger partial charge on any atom is -0.495 e. The van der Waals surface area contributed by atoms with Crippen LogP contribution in [0.2, 0.25) is 0 Å². The van der Waals surface area contributed by atoms with Gasteiger partial charge in [-0.05, 0) is 48.5 Å². The Kier molecular flexibility index (Phi) is 6.30. The van der Waals surface area contributed by atoms with Crippen molar-refractivity contribution in [2.45, 2.75) is 6.42 Å². The van der Waals surface area contributed by atoms with Crippen molar-refractivity contribution >= 4 is 17.3 Å². The highest BCUT2D eigenvalue weighted by Crippen LogP contribution is 2.24. The summed E-state index contributed by atoms with van der Waals surface area (Å²) in [6.45, 7) is 0.528. The second-order valence-corrected chi connectivity index (χ2v) is 5.86. The van der Waals surface area contributed by atoms with Gasteiger partial charge in [-0.2, -0.15) is 0 Å². The first-order chi connectivity index (χ1) is 13.2. The molecule has 0 aliphatic rings. The summed E-state index contributed by atoms with van der Waals surface area (Å²) in [7, 11) is 1.58. The Labute approximate surface area is 158 Å². The fraction of sp³-hybridized carbons (Fsp3) is 0.136. The summed E-state index contributed by atoms with van der Waals surface area (Å²) in [5.74, 6) is 2.13. The zero-order chi connectivity index (χ0) is 18.9. The molecule has 0 aliphatic heterocycles. The average molecular weight is 362 g/mol. The molecule has 0 fully saturated rings. The number of carbonyl (C=O) groups is 1. The molecule has 27 heavy (non-hydrogen) atoms. The third kappa shape index (κ3) is 5.51. The van der Waals surface area contributed by atoms with Crippen molar-refractivity contribution in [3.8, 4) is 17.2 Å². The highest BCUT2D eigenvalue weighted by molar-refractivity contribution is 5.92. The molecule has 0 aliphatic carbocycles. The van der Waals surface area contributed by atoms with E-state index in [0.29, 0.717) is 24.4 Å². The van der Waals surface area contributed by atoms with Gasteiger partial charge < -0.3 is 20.1 Å². The minimum atomic E-state index is -0.0731. The maximum atomic E-state index is 12.1. The van der Waals surface area contributed by atoms with Crippen molar-refractivity contribution < 1.29 is 14.3 Å². The Balaban J connectivity index is 1.45. The predicted octanol–water partition coefficient (Wildman–Crippen LogP) is 4.93. The Bertz CT molecular complexity index is 864. The van der Waals surface area contributed by atoms with E-state index in [-0.39, 0.29) is 5.91 Å². The van der Waals surface area contributed by atoms with Gasteiger partial charge in [-0.1, -0.05) is 30.3 Å². The van der Waals surface area contributed by atoms with Gasteiger partial charge in [0.15, 0.2) is 0 Å². The quantitative estimate of drug-likeness (QED) is 0.597. The van der Waals surface area contributed by atoms with Gasteiger partial charge in [-0.15, -0.1) is 0 Å². The molecule has 0 bridgehead atoms. The van der Waals surface area contributed by atoms with Crippen LogP contribution in [0.15, 0.2) is 78.9 Å². The second-order valence-electron chi connectivity index (χ2n) is 5.86. The largest absolute Gasteiger partial charge is 0.495 e. The summed E-state index contributed by atoms with van der Waals surface area (Å²) in [6.07, 6.45) is 0.348. The molecule has 138 valence electrons. The smallest absolute Gasteiger partial charge is 0.226 e. The Morgan fingerprint density at radius 2 is 1.52 bits per heavy atom. The summed E-state index contributed by atoms with van der Waals surface area (Å²) >= 11 is 0. The van der Waals surface area contributed by atoms with Gasteiger partial charge in [0.25, 0.3) is 0 Å². The first-order valence-electron chi connectivity index (χ1n) is 8.74. The standard InChI is InChI=1S/C22H22N2O3/c1-26-21-10-6-5-9-20(21)24-22(25)15-16-23-17-11-13-19(14-12-17)27-18-7-3-2-4-8-18/h2-14,23H,15-16H2,1H3,(H,24,25). The number of nitrogens with one attached hydrogen (secondary N) is 2. The first-order valence-corrected chi connectivity index (χ1v) is 8.74. The molecule has 1 amide bonds. The zero-order valence-electron chi connectivity index (χ0n) is 15.1. The summed E-state index contributed by atoms with van der Waals surface area (Å²) in [5.41, 5.74) is 1.60. The van der Waals surface area contributed by atoms with Gasteiger partial charge in [0.2, 0.25) is 5.91 Å². The predicted molar refractivity (Wildman–Crippen MR) is 108 cm³/mol. The molecule has 0 radical (unpaired) electrons. The normalized spacial score (nSPS) is 10.1. The van der Waals surface area contributed by atoms with E-state index < -0.39 is 0 Å². The molecule has 3 aromatic rings. The summed E-state index contributed by atoms with van der Waals surface area (Å²) in [6, 6.07) is 24.6.